The summed E-state index contributed by atoms with van der Waals surface area (Å²) in [6.07, 6.45) is 2.72. The first-order chi connectivity index (χ1) is 9.43. The largest absolute Gasteiger partial charge is 0.481 e. The number of carboxylic acid groups (broad SMARTS) is 1. The van der Waals surface area contributed by atoms with Crippen molar-refractivity contribution in [2.75, 3.05) is 19.6 Å². The van der Waals surface area contributed by atoms with Gasteiger partial charge in [0.25, 0.3) is 0 Å². The maximum atomic E-state index is 12.2. The molecule has 1 aliphatic carbocycles. The number of carbonyl (C=O) groups is 3. The third-order valence-electron chi connectivity index (χ3n) is 4.29. The zero-order chi connectivity index (χ0) is 14.8. The van der Waals surface area contributed by atoms with Crippen molar-refractivity contribution in [2.24, 2.45) is 5.41 Å². The zero-order valence-corrected chi connectivity index (χ0v) is 11.6. The average Bonchev–Trinajstić information content (AvgIpc) is 2.62. The van der Waals surface area contributed by atoms with Gasteiger partial charge in [-0.1, -0.05) is 6.42 Å². The summed E-state index contributed by atoms with van der Waals surface area (Å²) in [5.41, 5.74) is -0.913. The number of carbonyl (C=O) groups excluding carboxylic acids is 2. The molecule has 1 heterocycles. The summed E-state index contributed by atoms with van der Waals surface area (Å²) >= 11 is 0. The first kappa shape index (κ1) is 14.6. The molecule has 0 bridgehead atoms. The molecule has 3 amide bonds. The molecule has 2 aliphatic rings. The molecule has 2 unspecified atom stereocenters. The quantitative estimate of drug-likeness (QED) is 0.672. The maximum absolute atomic E-state index is 12.2. The van der Waals surface area contributed by atoms with Crippen LogP contribution < -0.4 is 10.6 Å². The van der Waals surface area contributed by atoms with Gasteiger partial charge in [0.1, 0.15) is 6.54 Å². The summed E-state index contributed by atoms with van der Waals surface area (Å²) in [4.78, 5) is 36.5. The number of carboxylic acids is 1. The predicted molar refractivity (Wildman–Crippen MR) is 71.1 cm³/mol. The Morgan fingerprint density at radius 1 is 1.45 bits per heavy atom. The Hall–Kier alpha value is -1.79. The third kappa shape index (κ3) is 2.86. The first-order valence-corrected chi connectivity index (χ1v) is 6.99. The van der Waals surface area contributed by atoms with Gasteiger partial charge in [-0.2, -0.15) is 0 Å². The molecule has 7 heteroatoms. The normalized spacial score (nSPS) is 30.6. The summed E-state index contributed by atoms with van der Waals surface area (Å²) < 4.78 is 0. The van der Waals surface area contributed by atoms with Crippen molar-refractivity contribution in [2.45, 2.75) is 38.6 Å². The molecule has 7 nitrogen and oxygen atoms in total. The van der Waals surface area contributed by atoms with Crippen LogP contribution in [-0.2, 0) is 9.59 Å². The number of amides is 3. The van der Waals surface area contributed by atoms with Crippen molar-refractivity contribution in [3.8, 4) is 0 Å². The number of rotatable bonds is 2. The summed E-state index contributed by atoms with van der Waals surface area (Å²) in [7, 11) is 0. The first-order valence-electron chi connectivity index (χ1n) is 6.99. The third-order valence-corrected chi connectivity index (χ3v) is 4.29. The van der Waals surface area contributed by atoms with E-state index >= 15 is 0 Å². The Morgan fingerprint density at radius 3 is 2.90 bits per heavy atom. The van der Waals surface area contributed by atoms with Crippen molar-refractivity contribution in [1.82, 2.24) is 15.5 Å². The molecule has 112 valence electrons. The molecule has 2 rings (SSSR count). The van der Waals surface area contributed by atoms with E-state index in [0.717, 1.165) is 6.42 Å². The van der Waals surface area contributed by atoms with E-state index in [2.05, 4.69) is 10.6 Å². The van der Waals surface area contributed by atoms with E-state index in [9.17, 15) is 19.5 Å². The Kier molecular flexibility index (Phi) is 4.15. The van der Waals surface area contributed by atoms with Gasteiger partial charge in [-0.15, -0.1) is 0 Å². The fourth-order valence-corrected chi connectivity index (χ4v) is 2.87. The second-order valence-corrected chi connectivity index (χ2v) is 5.74. The Balaban J connectivity index is 2.00. The predicted octanol–water partition coefficient (Wildman–Crippen LogP) is 0.161. The number of hydrogen-bond acceptors (Lipinski definition) is 3. The van der Waals surface area contributed by atoms with Crippen molar-refractivity contribution in [1.29, 1.82) is 0 Å². The van der Waals surface area contributed by atoms with E-state index in [0.29, 0.717) is 32.4 Å². The highest BCUT2D eigenvalue weighted by Gasteiger charge is 2.46. The minimum Gasteiger partial charge on any atom is -0.481 e. The summed E-state index contributed by atoms with van der Waals surface area (Å²) in [6.45, 7) is 2.77. The lowest BCUT2D eigenvalue weighted by Crippen LogP contribution is -2.52. The topological polar surface area (TPSA) is 98.7 Å². The summed E-state index contributed by atoms with van der Waals surface area (Å²) in [6, 6.07) is -0.722. The second-order valence-electron chi connectivity index (χ2n) is 5.74. The summed E-state index contributed by atoms with van der Waals surface area (Å²) in [5, 5.41) is 14.8. The van der Waals surface area contributed by atoms with Crippen LogP contribution in [0.25, 0.3) is 0 Å². The van der Waals surface area contributed by atoms with Gasteiger partial charge in [-0.05, 0) is 26.2 Å². The lowest BCUT2D eigenvalue weighted by atomic mass is 9.85. The fourth-order valence-electron chi connectivity index (χ4n) is 2.87. The molecule has 0 aromatic carbocycles. The van der Waals surface area contributed by atoms with Crippen molar-refractivity contribution < 1.29 is 19.5 Å². The standard InChI is InChI=1S/C13H21N3O4/c1-13(11(18)19)5-2-4-9(13)15-12(20)16-7-3-6-14-10(17)8-16/h9H,2-8H2,1H3,(H,14,17)(H,15,20)(H,18,19). The molecule has 2 atom stereocenters. The van der Waals surface area contributed by atoms with Crippen LogP contribution in [0.4, 0.5) is 4.79 Å². The molecule has 0 aromatic rings. The van der Waals surface area contributed by atoms with Crippen LogP contribution in [0.3, 0.4) is 0 Å². The van der Waals surface area contributed by atoms with E-state index < -0.39 is 11.4 Å². The van der Waals surface area contributed by atoms with E-state index in [4.69, 9.17) is 0 Å². The highest BCUT2D eigenvalue weighted by atomic mass is 16.4. The molecule has 3 N–H and O–H groups in total. The van der Waals surface area contributed by atoms with Gasteiger partial charge in [0.05, 0.1) is 5.41 Å². The molecule has 1 saturated heterocycles. The molecule has 20 heavy (non-hydrogen) atoms. The number of urea groups is 1. The van der Waals surface area contributed by atoms with Gasteiger partial charge in [-0.25, -0.2) is 4.79 Å². The van der Waals surface area contributed by atoms with Crippen LogP contribution in [0.2, 0.25) is 0 Å². The van der Waals surface area contributed by atoms with Crippen LogP contribution >= 0.6 is 0 Å². The van der Waals surface area contributed by atoms with Gasteiger partial charge in [0.2, 0.25) is 5.91 Å². The number of hydrogen-bond donors (Lipinski definition) is 3. The Bertz CT molecular complexity index is 426. The number of nitrogens with one attached hydrogen (secondary N) is 2. The van der Waals surface area contributed by atoms with Crippen LogP contribution in [0.5, 0.6) is 0 Å². The average molecular weight is 283 g/mol. The fraction of sp³-hybridized carbons (Fsp3) is 0.769. The van der Waals surface area contributed by atoms with Crippen LogP contribution in [0, 0.1) is 5.41 Å². The number of aliphatic carboxylic acids is 1. The van der Waals surface area contributed by atoms with Gasteiger partial charge in [-0.3, -0.25) is 9.59 Å². The molecular weight excluding hydrogens is 262 g/mol. The van der Waals surface area contributed by atoms with Crippen molar-refractivity contribution in [3.63, 3.8) is 0 Å². The molecule has 0 radical (unpaired) electrons. The van der Waals surface area contributed by atoms with Crippen LogP contribution in [0.1, 0.15) is 32.6 Å². The minimum absolute atomic E-state index is 0.0301. The van der Waals surface area contributed by atoms with Crippen molar-refractivity contribution in [3.05, 3.63) is 0 Å². The van der Waals surface area contributed by atoms with E-state index in [1.54, 1.807) is 6.92 Å². The molecular formula is C13H21N3O4. The van der Waals surface area contributed by atoms with Gasteiger partial charge < -0.3 is 20.6 Å². The van der Waals surface area contributed by atoms with E-state index in [1.165, 1.54) is 4.90 Å². The smallest absolute Gasteiger partial charge is 0.318 e. The van der Waals surface area contributed by atoms with E-state index in [1.807, 2.05) is 0 Å². The zero-order valence-electron chi connectivity index (χ0n) is 11.6. The number of nitrogens with zero attached hydrogens (tertiary/aromatic N) is 1. The monoisotopic (exact) mass is 283 g/mol. The minimum atomic E-state index is -0.913. The highest BCUT2D eigenvalue weighted by molar-refractivity contribution is 5.85. The Labute approximate surface area is 117 Å². The van der Waals surface area contributed by atoms with Crippen LogP contribution in [-0.4, -0.2) is 53.6 Å². The lowest BCUT2D eigenvalue weighted by molar-refractivity contribution is -0.148. The Morgan fingerprint density at radius 2 is 2.20 bits per heavy atom. The van der Waals surface area contributed by atoms with Gasteiger partial charge in [0, 0.05) is 19.1 Å². The molecule has 1 saturated carbocycles. The molecule has 1 aliphatic heterocycles. The lowest BCUT2D eigenvalue weighted by Gasteiger charge is -2.30. The highest BCUT2D eigenvalue weighted by Crippen LogP contribution is 2.38. The maximum Gasteiger partial charge on any atom is 0.318 e. The second kappa shape index (κ2) is 5.68. The van der Waals surface area contributed by atoms with E-state index in [-0.39, 0.29) is 24.5 Å². The van der Waals surface area contributed by atoms with Crippen LogP contribution in [0.15, 0.2) is 0 Å². The van der Waals surface area contributed by atoms with Gasteiger partial charge in [0.15, 0.2) is 0 Å². The summed E-state index contributed by atoms with van der Waals surface area (Å²) in [5.74, 6) is -1.06. The molecule has 0 aromatic heterocycles. The van der Waals surface area contributed by atoms with Gasteiger partial charge >= 0.3 is 12.0 Å². The van der Waals surface area contributed by atoms with Crippen molar-refractivity contribution >= 4 is 17.9 Å². The molecule has 2 fully saturated rings. The molecule has 0 spiro atoms. The SMILES string of the molecule is CC1(C(=O)O)CCCC1NC(=O)N1CCCNC(=O)C1.